The van der Waals surface area contributed by atoms with Gasteiger partial charge in [-0.3, -0.25) is 4.79 Å². The number of aromatic hydroxyl groups is 1. The molecule has 0 amide bonds. The first-order valence-electron chi connectivity index (χ1n) is 8.95. The van der Waals surface area contributed by atoms with Gasteiger partial charge in [0, 0.05) is 11.1 Å². The molecular formula is C23H24O6. The molecule has 0 saturated heterocycles. The first kappa shape index (κ1) is 21.8. The lowest BCUT2D eigenvalue weighted by molar-refractivity contribution is -0.120. The highest BCUT2D eigenvalue weighted by Crippen LogP contribution is 2.37. The fraction of sp³-hybridized carbons (Fsp3) is 0.217. The second-order valence-electron chi connectivity index (χ2n) is 6.40. The minimum absolute atomic E-state index is 0.0371. The molecule has 2 aromatic rings. The third kappa shape index (κ3) is 5.25. The highest BCUT2D eigenvalue weighted by Gasteiger charge is 2.23. The minimum Gasteiger partial charge on any atom is -0.507 e. The zero-order valence-corrected chi connectivity index (χ0v) is 16.7. The number of allylic oxidation sites excluding steroid dienone is 1. The molecule has 2 aromatic carbocycles. The number of carbonyl (C=O) groups is 2. The monoisotopic (exact) mass is 396 g/mol. The quantitative estimate of drug-likeness (QED) is 0.293. The fourth-order valence-electron chi connectivity index (χ4n) is 2.87. The van der Waals surface area contributed by atoms with Crippen molar-refractivity contribution in [2.45, 2.75) is 19.8 Å². The van der Waals surface area contributed by atoms with Crippen LogP contribution in [0, 0.1) is 0 Å². The number of carbonyl (C=O) groups excluding carboxylic acids is 2. The van der Waals surface area contributed by atoms with Gasteiger partial charge in [0.2, 0.25) is 0 Å². The van der Waals surface area contributed by atoms with Crippen LogP contribution in [-0.2, 0) is 16.0 Å². The van der Waals surface area contributed by atoms with Crippen LogP contribution in [0.15, 0.2) is 42.5 Å². The van der Waals surface area contributed by atoms with Crippen molar-refractivity contribution in [3.63, 3.8) is 0 Å². The number of methoxy groups -OCH3 is 2. The molecule has 0 unspecified atom stereocenters. The van der Waals surface area contributed by atoms with Gasteiger partial charge in [0.15, 0.2) is 0 Å². The number of hydrogen-bond donors (Lipinski definition) is 1. The Bertz CT molecular complexity index is 943. The van der Waals surface area contributed by atoms with Gasteiger partial charge in [0.25, 0.3) is 6.47 Å². The van der Waals surface area contributed by atoms with E-state index in [1.165, 1.54) is 14.2 Å². The Morgan fingerprint density at radius 1 is 1.14 bits per heavy atom. The van der Waals surface area contributed by atoms with E-state index in [2.05, 4.69) is 6.58 Å². The topological polar surface area (TPSA) is 82.1 Å². The van der Waals surface area contributed by atoms with Gasteiger partial charge in [0.05, 0.1) is 14.2 Å². The van der Waals surface area contributed by atoms with E-state index in [1.807, 2.05) is 6.92 Å². The minimum atomic E-state index is -0.668. The van der Waals surface area contributed by atoms with Crippen molar-refractivity contribution in [2.24, 2.45) is 0 Å². The second kappa shape index (κ2) is 10.1. The number of phenolic OH excluding ortho intramolecular Hbond substituents is 1. The van der Waals surface area contributed by atoms with Gasteiger partial charge >= 0.3 is 5.97 Å². The van der Waals surface area contributed by atoms with Crippen molar-refractivity contribution in [3.8, 4) is 17.2 Å². The highest BCUT2D eigenvalue weighted by molar-refractivity contribution is 5.98. The molecule has 0 aromatic heterocycles. The molecule has 1 N–H and O–H groups in total. The highest BCUT2D eigenvalue weighted by atomic mass is 16.5. The number of rotatable bonds is 9. The fourth-order valence-corrected chi connectivity index (χ4v) is 2.87. The number of ether oxygens (including phenoxy) is 3. The third-order valence-corrected chi connectivity index (χ3v) is 4.34. The molecule has 0 radical (unpaired) electrons. The van der Waals surface area contributed by atoms with Gasteiger partial charge < -0.3 is 19.3 Å². The van der Waals surface area contributed by atoms with Gasteiger partial charge in [-0.15, -0.1) is 6.58 Å². The summed E-state index contributed by atoms with van der Waals surface area (Å²) in [7, 11) is 2.75. The summed E-state index contributed by atoms with van der Waals surface area (Å²) >= 11 is 0. The summed E-state index contributed by atoms with van der Waals surface area (Å²) < 4.78 is 15.3. The maximum Gasteiger partial charge on any atom is 0.342 e. The maximum atomic E-state index is 12.4. The molecule has 29 heavy (non-hydrogen) atoms. The summed E-state index contributed by atoms with van der Waals surface area (Å²) in [4.78, 5) is 23.1. The number of esters is 1. The molecule has 0 aliphatic rings. The lowest BCUT2D eigenvalue weighted by atomic mass is 9.96. The van der Waals surface area contributed by atoms with E-state index in [0.29, 0.717) is 47.5 Å². The van der Waals surface area contributed by atoms with E-state index in [4.69, 9.17) is 14.2 Å². The number of para-hydroxylation sites is 1. The van der Waals surface area contributed by atoms with E-state index in [1.54, 1.807) is 42.5 Å². The molecular weight excluding hydrogens is 372 g/mol. The van der Waals surface area contributed by atoms with Crippen molar-refractivity contribution >= 4 is 24.6 Å². The van der Waals surface area contributed by atoms with Crippen LogP contribution in [0.2, 0.25) is 0 Å². The standard InChI is InChI=1S/C23H24O6/c1-15(2)9-12-18-20(27-3)13-17(21(22(18)25)23(26)28-4)11-10-16-7-5-6-8-19(16)29-14-24/h5-8,10-11,13-14,25H,1,9,12H2,2-4H3/b11-10+. The van der Waals surface area contributed by atoms with Crippen molar-refractivity contribution in [1.82, 2.24) is 0 Å². The summed E-state index contributed by atoms with van der Waals surface area (Å²) in [6.07, 6.45) is 4.40. The molecule has 6 nitrogen and oxygen atoms in total. The van der Waals surface area contributed by atoms with Crippen LogP contribution in [-0.4, -0.2) is 31.8 Å². The number of hydrogen-bond acceptors (Lipinski definition) is 6. The van der Waals surface area contributed by atoms with Gasteiger partial charge in [-0.2, -0.15) is 0 Å². The molecule has 0 saturated carbocycles. The largest absolute Gasteiger partial charge is 0.507 e. The first-order valence-corrected chi connectivity index (χ1v) is 8.95. The van der Waals surface area contributed by atoms with Gasteiger partial charge in [0.1, 0.15) is 22.8 Å². The average molecular weight is 396 g/mol. The molecule has 152 valence electrons. The predicted molar refractivity (Wildman–Crippen MR) is 111 cm³/mol. The van der Waals surface area contributed by atoms with Crippen LogP contribution in [0.3, 0.4) is 0 Å². The molecule has 0 atom stereocenters. The molecule has 0 heterocycles. The summed E-state index contributed by atoms with van der Waals surface area (Å²) in [6.45, 7) is 6.11. The molecule has 0 bridgehead atoms. The molecule has 0 aliphatic carbocycles. The van der Waals surface area contributed by atoms with Crippen LogP contribution >= 0.6 is 0 Å². The SMILES string of the molecule is C=C(C)CCc1c(OC)cc(/C=C/c2ccccc2OC=O)c(C(=O)OC)c1O. The Hall–Kier alpha value is -3.54. The molecule has 0 spiro atoms. The molecule has 0 aliphatic heterocycles. The number of phenols is 1. The lowest BCUT2D eigenvalue weighted by Crippen LogP contribution is -2.07. The van der Waals surface area contributed by atoms with E-state index in [0.717, 1.165) is 5.57 Å². The normalized spacial score (nSPS) is 10.6. The summed E-state index contributed by atoms with van der Waals surface area (Å²) in [6, 6.07) is 8.59. The zero-order valence-electron chi connectivity index (χ0n) is 16.7. The van der Waals surface area contributed by atoms with Crippen LogP contribution in [0.1, 0.15) is 40.4 Å². The van der Waals surface area contributed by atoms with Crippen molar-refractivity contribution in [3.05, 3.63) is 64.7 Å². The molecule has 0 fully saturated rings. The molecule has 2 rings (SSSR count). The lowest BCUT2D eigenvalue weighted by Gasteiger charge is -2.16. The van der Waals surface area contributed by atoms with Crippen molar-refractivity contribution < 1.29 is 28.9 Å². The third-order valence-electron chi connectivity index (χ3n) is 4.34. The second-order valence-corrected chi connectivity index (χ2v) is 6.40. The molecule has 6 heteroatoms. The predicted octanol–water partition coefficient (Wildman–Crippen LogP) is 4.40. The van der Waals surface area contributed by atoms with Crippen LogP contribution in [0.4, 0.5) is 0 Å². The smallest absolute Gasteiger partial charge is 0.342 e. The summed E-state index contributed by atoms with van der Waals surface area (Å²) in [5.41, 5.74) is 2.53. The Balaban J connectivity index is 2.58. The van der Waals surface area contributed by atoms with Crippen LogP contribution in [0.5, 0.6) is 17.2 Å². The van der Waals surface area contributed by atoms with E-state index >= 15 is 0 Å². The zero-order chi connectivity index (χ0) is 21.4. The van der Waals surface area contributed by atoms with Crippen LogP contribution < -0.4 is 9.47 Å². The van der Waals surface area contributed by atoms with Gasteiger partial charge in [-0.25, -0.2) is 4.79 Å². The Morgan fingerprint density at radius 2 is 1.83 bits per heavy atom. The van der Waals surface area contributed by atoms with Gasteiger partial charge in [-0.05, 0) is 37.5 Å². The Kier molecular flexibility index (Phi) is 7.60. The van der Waals surface area contributed by atoms with E-state index in [-0.39, 0.29) is 11.3 Å². The Labute approximate surface area is 170 Å². The first-order chi connectivity index (χ1) is 13.9. The number of benzene rings is 2. The average Bonchev–Trinajstić information content (AvgIpc) is 2.71. The van der Waals surface area contributed by atoms with Crippen LogP contribution in [0.25, 0.3) is 12.2 Å². The van der Waals surface area contributed by atoms with E-state index < -0.39 is 5.97 Å². The van der Waals surface area contributed by atoms with Gasteiger partial charge in [-0.1, -0.05) is 35.9 Å². The maximum absolute atomic E-state index is 12.4. The Morgan fingerprint density at radius 3 is 2.45 bits per heavy atom. The summed E-state index contributed by atoms with van der Waals surface area (Å²) in [5.74, 6) is -0.0329. The van der Waals surface area contributed by atoms with Crippen molar-refractivity contribution in [2.75, 3.05) is 14.2 Å². The summed E-state index contributed by atoms with van der Waals surface area (Å²) in [5, 5.41) is 10.8. The van der Waals surface area contributed by atoms with Crippen molar-refractivity contribution in [1.29, 1.82) is 0 Å². The van der Waals surface area contributed by atoms with E-state index in [9.17, 15) is 14.7 Å².